The van der Waals surface area contributed by atoms with E-state index in [0.717, 1.165) is 16.7 Å². The minimum absolute atomic E-state index is 0.247. The van der Waals surface area contributed by atoms with Gasteiger partial charge in [0.2, 0.25) is 0 Å². The van der Waals surface area contributed by atoms with Crippen LogP contribution in [-0.4, -0.2) is 22.9 Å². The molecule has 0 aliphatic heterocycles. The summed E-state index contributed by atoms with van der Waals surface area (Å²) in [5, 5.41) is 10.2. The van der Waals surface area contributed by atoms with Crippen molar-refractivity contribution in [2.75, 3.05) is 5.75 Å². The predicted octanol–water partition coefficient (Wildman–Crippen LogP) is 5.62. The monoisotopic (exact) mass is 445 g/mol. The molecule has 0 fully saturated rings. The summed E-state index contributed by atoms with van der Waals surface area (Å²) in [6, 6.07) is 24.7. The summed E-state index contributed by atoms with van der Waals surface area (Å²) in [4.78, 5) is 11.4. The molecule has 6 heteroatoms. The molecule has 0 aromatic heterocycles. The second-order valence-electron chi connectivity index (χ2n) is 6.74. The zero-order valence-electron chi connectivity index (χ0n) is 15.6. The first-order chi connectivity index (χ1) is 13.9. The Bertz CT molecular complexity index is 969. The topological polar surface area (TPSA) is 63.3 Å². The molecule has 0 heterocycles. The summed E-state index contributed by atoms with van der Waals surface area (Å²) >= 11 is 14.0. The van der Waals surface area contributed by atoms with Crippen LogP contribution >= 0.6 is 35.0 Å². The standard InChI is InChI=1S/C23H21Cl2NO2S/c24-19-12-11-18(13-20(19)25)23(17-9-5-2-6-10-17,29-15-21(26)22(27)28)14-16-7-3-1-4-8-16/h1-13,21H,14-15,26H2,(H,27,28)/t21-,23?/m0/s1. The highest BCUT2D eigenvalue weighted by Crippen LogP contribution is 2.47. The van der Waals surface area contributed by atoms with Gasteiger partial charge >= 0.3 is 5.97 Å². The van der Waals surface area contributed by atoms with Crippen molar-refractivity contribution < 1.29 is 9.90 Å². The summed E-state index contributed by atoms with van der Waals surface area (Å²) in [5.41, 5.74) is 8.98. The molecule has 3 nitrogen and oxygen atoms in total. The molecule has 3 N–H and O–H groups in total. The van der Waals surface area contributed by atoms with Crippen molar-refractivity contribution in [3.05, 3.63) is 106 Å². The summed E-state index contributed by atoms with van der Waals surface area (Å²) in [6.45, 7) is 0. The lowest BCUT2D eigenvalue weighted by Gasteiger charge is -2.36. The first-order valence-corrected chi connectivity index (χ1v) is 10.8. The second-order valence-corrected chi connectivity index (χ2v) is 8.87. The third kappa shape index (κ3) is 5.14. The summed E-state index contributed by atoms with van der Waals surface area (Å²) in [6.07, 6.45) is 0.646. The molecular formula is C23H21Cl2NO2S. The molecule has 0 aliphatic rings. The first-order valence-electron chi connectivity index (χ1n) is 9.10. The van der Waals surface area contributed by atoms with Crippen LogP contribution in [0.1, 0.15) is 16.7 Å². The van der Waals surface area contributed by atoms with Crippen molar-refractivity contribution in [2.45, 2.75) is 17.2 Å². The number of aliphatic carboxylic acids is 1. The van der Waals surface area contributed by atoms with Crippen LogP contribution in [-0.2, 0) is 16.0 Å². The van der Waals surface area contributed by atoms with Gasteiger partial charge in [-0.3, -0.25) is 4.79 Å². The van der Waals surface area contributed by atoms with E-state index in [1.54, 1.807) is 6.07 Å². The number of nitrogens with two attached hydrogens (primary N) is 1. The number of carboxylic acid groups (broad SMARTS) is 1. The fraction of sp³-hybridized carbons (Fsp3) is 0.174. The fourth-order valence-electron chi connectivity index (χ4n) is 3.23. The first kappa shape index (κ1) is 21.7. The van der Waals surface area contributed by atoms with Gasteiger partial charge in [-0.05, 0) is 35.2 Å². The minimum atomic E-state index is -1.02. The van der Waals surface area contributed by atoms with Crippen molar-refractivity contribution in [1.82, 2.24) is 0 Å². The van der Waals surface area contributed by atoms with Crippen molar-refractivity contribution in [3.63, 3.8) is 0 Å². The molecule has 29 heavy (non-hydrogen) atoms. The van der Waals surface area contributed by atoms with Gasteiger partial charge < -0.3 is 10.8 Å². The third-order valence-corrected chi connectivity index (χ3v) is 7.12. The van der Waals surface area contributed by atoms with Crippen molar-refractivity contribution in [1.29, 1.82) is 0 Å². The van der Waals surface area contributed by atoms with Crippen molar-refractivity contribution in [2.24, 2.45) is 5.73 Å². The van der Waals surface area contributed by atoms with E-state index < -0.39 is 16.8 Å². The Morgan fingerprint density at radius 3 is 2.14 bits per heavy atom. The summed E-state index contributed by atoms with van der Waals surface area (Å²) in [5.74, 6) is -0.773. The molecule has 0 bridgehead atoms. The third-order valence-electron chi connectivity index (χ3n) is 4.75. The average molecular weight is 446 g/mol. The summed E-state index contributed by atoms with van der Waals surface area (Å²) < 4.78 is -0.579. The molecule has 3 rings (SSSR count). The lowest BCUT2D eigenvalue weighted by atomic mass is 9.85. The van der Waals surface area contributed by atoms with Gasteiger partial charge in [0, 0.05) is 5.75 Å². The molecule has 0 aliphatic carbocycles. The molecule has 0 amide bonds. The Morgan fingerprint density at radius 1 is 0.931 bits per heavy atom. The average Bonchev–Trinajstić information content (AvgIpc) is 2.74. The normalized spacial score (nSPS) is 14.2. The van der Waals surface area contributed by atoms with Crippen molar-refractivity contribution >= 4 is 40.9 Å². The number of hydrogen-bond acceptors (Lipinski definition) is 3. The van der Waals surface area contributed by atoms with Gasteiger partial charge in [-0.1, -0.05) is 89.9 Å². The van der Waals surface area contributed by atoms with Crippen LogP contribution < -0.4 is 5.73 Å². The SMILES string of the molecule is N[C@@H](CSC(Cc1ccccc1)(c1ccccc1)c1ccc(Cl)c(Cl)c1)C(=O)O. The number of carbonyl (C=O) groups is 1. The van der Waals surface area contributed by atoms with E-state index in [1.807, 2.05) is 60.7 Å². The van der Waals surface area contributed by atoms with Crippen molar-refractivity contribution in [3.8, 4) is 0 Å². The van der Waals surface area contributed by atoms with Crippen LogP contribution in [0.15, 0.2) is 78.9 Å². The van der Waals surface area contributed by atoms with Crippen LogP contribution in [0.4, 0.5) is 0 Å². The van der Waals surface area contributed by atoms with Gasteiger partial charge in [0.15, 0.2) is 0 Å². The maximum atomic E-state index is 11.4. The lowest BCUT2D eigenvalue weighted by Crippen LogP contribution is -2.36. The number of benzene rings is 3. The van der Waals surface area contributed by atoms with Gasteiger partial charge in [0.05, 0.1) is 14.8 Å². The van der Waals surface area contributed by atoms with Crippen LogP contribution in [0.25, 0.3) is 0 Å². The quantitative estimate of drug-likeness (QED) is 0.471. The zero-order chi connectivity index (χ0) is 20.9. The van der Waals surface area contributed by atoms with E-state index in [1.165, 1.54) is 11.8 Å². The number of carboxylic acids is 1. The Kier molecular flexibility index (Phi) is 7.25. The molecule has 0 saturated heterocycles. The van der Waals surface area contributed by atoms with E-state index in [9.17, 15) is 9.90 Å². The molecule has 0 spiro atoms. The largest absolute Gasteiger partial charge is 0.480 e. The Labute approximate surface area is 184 Å². The van der Waals surface area contributed by atoms with E-state index in [0.29, 0.717) is 16.5 Å². The van der Waals surface area contributed by atoms with E-state index in [-0.39, 0.29) is 5.75 Å². The Balaban J connectivity index is 2.16. The lowest BCUT2D eigenvalue weighted by molar-refractivity contribution is -0.137. The molecule has 1 unspecified atom stereocenters. The smallest absolute Gasteiger partial charge is 0.321 e. The highest BCUT2D eigenvalue weighted by Gasteiger charge is 2.36. The molecule has 3 aromatic rings. The Hall–Kier alpha value is -1.98. The minimum Gasteiger partial charge on any atom is -0.480 e. The molecular weight excluding hydrogens is 425 g/mol. The number of rotatable bonds is 8. The second kappa shape index (κ2) is 9.68. The highest BCUT2D eigenvalue weighted by atomic mass is 35.5. The van der Waals surface area contributed by atoms with E-state index >= 15 is 0 Å². The van der Waals surface area contributed by atoms with Crippen LogP contribution in [0.5, 0.6) is 0 Å². The molecule has 2 atom stereocenters. The van der Waals surface area contributed by atoms with Crippen LogP contribution in [0.2, 0.25) is 10.0 Å². The van der Waals surface area contributed by atoms with Gasteiger partial charge in [-0.15, -0.1) is 11.8 Å². The molecule has 0 radical (unpaired) electrons. The molecule has 150 valence electrons. The van der Waals surface area contributed by atoms with Crippen LogP contribution in [0.3, 0.4) is 0 Å². The molecule has 3 aromatic carbocycles. The van der Waals surface area contributed by atoms with Gasteiger partial charge in [-0.25, -0.2) is 0 Å². The predicted molar refractivity (Wildman–Crippen MR) is 122 cm³/mol. The number of thioether (sulfide) groups is 1. The maximum absolute atomic E-state index is 11.4. The van der Waals surface area contributed by atoms with Crippen LogP contribution in [0, 0.1) is 0 Å². The highest BCUT2D eigenvalue weighted by molar-refractivity contribution is 8.00. The van der Waals surface area contributed by atoms with Gasteiger partial charge in [-0.2, -0.15) is 0 Å². The van der Waals surface area contributed by atoms with Gasteiger partial charge in [0.1, 0.15) is 6.04 Å². The van der Waals surface area contributed by atoms with E-state index in [4.69, 9.17) is 28.9 Å². The zero-order valence-corrected chi connectivity index (χ0v) is 17.9. The number of halogens is 2. The molecule has 0 saturated carbocycles. The number of hydrogen-bond donors (Lipinski definition) is 2. The summed E-state index contributed by atoms with van der Waals surface area (Å²) in [7, 11) is 0. The maximum Gasteiger partial charge on any atom is 0.321 e. The Morgan fingerprint density at radius 2 is 1.55 bits per heavy atom. The fourth-order valence-corrected chi connectivity index (χ4v) is 5.00. The van der Waals surface area contributed by atoms with E-state index in [2.05, 4.69) is 12.1 Å². The van der Waals surface area contributed by atoms with Gasteiger partial charge in [0.25, 0.3) is 0 Å².